The van der Waals surface area contributed by atoms with Gasteiger partial charge >= 0.3 is 0 Å². The van der Waals surface area contributed by atoms with Crippen molar-refractivity contribution in [2.24, 2.45) is 0 Å². The van der Waals surface area contributed by atoms with E-state index < -0.39 is 0 Å². The monoisotopic (exact) mass is 838 g/mol. The fourth-order valence-electron chi connectivity index (χ4n) is 10.5. The van der Waals surface area contributed by atoms with Crippen molar-refractivity contribution >= 4 is 87.0 Å². The Morgan fingerprint density at radius 3 is 1.64 bits per heavy atom. The van der Waals surface area contributed by atoms with E-state index in [4.69, 9.17) is 9.97 Å². The Morgan fingerprint density at radius 2 is 0.818 bits per heavy atom. The third-order valence-electron chi connectivity index (χ3n) is 13.6. The Morgan fingerprint density at radius 1 is 0.258 bits per heavy atom. The van der Waals surface area contributed by atoms with Gasteiger partial charge in [0.1, 0.15) is 0 Å². The summed E-state index contributed by atoms with van der Waals surface area (Å²) >= 11 is 0. The van der Waals surface area contributed by atoms with Gasteiger partial charge in [-0.05, 0) is 105 Å². The zero-order valence-corrected chi connectivity index (χ0v) is 35.7. The van der Waals surface area contributed by atoms with E-state index in [1.54, 1.807) is 0 Å². The van der Waals surface area contributed by atoms with Gasteiger partial charge in [-0.3, -0.25) is 0 Å². The van der Waals surface area contributed by atoms with Gasteiger partial charge < -0.3 is 9.13 Å². The highest BCUT2D eigenvalue weighted by Gasteiger charge is 2.20. The molecule has 0 bridgehead atoms. The zero-order valence-electron chi connectivity index (χ0n) is 35.7. The summed E-state index contributed by atoms with van der Waals surface area (Å²) in [6.07, 6.45) is 0. The second kappa shape index (κ2) is 14.3. The largest absolute Gasteiger partial charge is 0.309 e. The van der Waals surface area contributed by atoms with Crippen LogP contribution in [0.25, 0.3) is 132 Å². The van der Waals surface area contributed by atoms with Crippen LogP contribution >= 0.6 is 0 Å². The van der Waals surface area contributed by atoms with Crippen molar-refractivity contribution in [1.29, 1.82) is 0 Å². The normalized spacial score (nSPS) is 11.9. The van der Waals surface area contributed by atoms with Crippen molar-refractivity contribution in [3.05, 3.63) is 231 Å². The fourth-order valence-corrected chi connectivity index (χ4v) is 10.5. The molecule has 0 spiro atoms. The van der Waals surface area contributed by atoms with Crippen LogP contribution in [0.1, 0.15) is 0 Å². The number of nitrogens with zero attached hydrogens (tertiary/aromatic N) is 4. The quantitative estimate of drug-likeness (QED) is 0.173. The van der Waals surface area contributed by atoms with Gasteiger partial charge in [0.15, 0.2) is 0 Å². The highest BCUT2D eigenvalue weighted by atomic mass is 15.0. The molecule has 3 aromatic heterocycles. The molecule has 11 aromatic carbocycles. The van der Waals surface area contributed by atoms with Gasteiger partial charge in [0, 0.05) is 49.4 Å². The van der Waals surface area contributed by atoms with Gasteiger partial charge in [-0.1, -0.05) is 164 Å². The summed E-state index contributed by atoms with van der Waals surface area (Å²) < 4.78 is 4.92. The molecule has 14 rings (SSSR count). The van der Waals surface area contributed by atoms with Crippen molar-refractivity contribution in [2.75, 3.05) is 0 Å². The maximum Gasteiger partial charge on any atom is 0.0973 e. The number of hydrogen-bond acceptors (Lipinski definition) is 2. The van der Waals surface area contributed by atoms with Gasteiger partial charge in [0.2, 0.25) is 0 Å². The van der Waals surface area contributed by atoms with Crippen LogP contribution in [0.3, 0.4) is 0 Å². The lowest BCUT2D eigenvalue weighted by Crippen LogP contribution is -1.97. The van der Waals surface area contributed by atoms with E-state index in [2.05, 4.69) is 215 Å². The van der Waals surface area contributed by atoms with Crippen molar-refractivity contribution in [3.63, 3.8) is 0 Å². The predicted molar refractivity (Wildman–Crippen MR) is 277 cm³/mol. The van der Waals surface area contributed by atoms with E-state index in [0.29, 0.717) is 0 Å². The molecular formula is C62H38N4. The van der Waals surface area contributed by atoms with E-state index >= 15 is 0 Å². The molecule has 0 aliphatic carbocycles. The second-order valence-corrected chi connectivity index (χ2v) is 17.4. The van der Waals surface area contributed by atoms with E-state index in [-0.39, 0.29) is 0 Å². The first-order chi connectivity index (χ1) is 32.7. The number of hydrogen-bond donors (Lipinski definition) is 0. The smallest absolute Gasteiger partial charge is 0.0973 e. The molecule has 0 saturated carbocycles. The summed E-state index contributed by atoms with van der Waals surface area (Å²) in [7, 11) is 0. The van der Waals surface area contributed by atoms with Gasteiger partial charge in [-0.25, -0.2) is 9.97 Å². The Kier molecular flexibility index (Phi) is 7.95. The van der Waals surface area contributed by atoms with Crippen LogP contribution in [0.4, 0.5) is 0 Å². The topological polar surface area (TPSA) is 35.6 Å². The molecule has 14 aromatic rings. The first-order valence-corrected chi connectivity index (χ1v) is 22.6. The predicted octanol–water partition coefficient (Wildman–Crippen LogP) is 16.3. The molecule has 306 valence electrons. The van der Waals surface area contributed by atoms with E-state index in [0.717, 1.165) is 61.2 Å². The van der Waals surface area contributed by atoms with E-state index in [9.17, 15) is 0 Å². The molecule has 0 atom stereocenters. The number of fused-ring (bicyclic) bond motifs is 11. The van der Waals surface area contributed by atoms with Crippen LogP contribution < -0.4 is 0 Å². The fraction of sp³-hybridized carbons (Fsp3) is 0. The molecule has 0 fully saturated rings. The summed E-state index contributed by atoms with van der Waals surface area (Å²) in [5, 5.41) is 12.2. The lowest BCUT2D eigenvalue weighted by molar-refractivity contribution is 1.17. The molecule has 0 radical (unpaired) electrons. The lowest BCUT2D eigenvalue weighted by atomic mass is 9.98. The van der Waals surface area contributed by atoms with Crippen molar-refractivity contribution in [1.82, 2.24) is 19.1 Å². The molecule has 0 aliphatic heterocycles. The van der Waals surface area contributed by atoms with Gasteiger partial charge in [0.25, 0.3) is 0 Å². The zero-order chi connectivity index (χ0) is 43.3. The lowest BCUT2D eigenvalue weighted by Gasteiger charge is -2.14. The Labute approximate surface area is 379 Å². The SMILES string of the molecule is c1ccc(-c2ccc(-c3nc4ccccc4nc3-c3ccc4ccc(-n5c6ccc(-n7c8ccccc8c8ccc9ccccc9c87)cc6c6cc7ccccc7cc65)cc4c3)cc2)cc1. The third kappa shape index (κ3) is 5.65. The number of para-hydroxylation sites is 3. The molecule has 4 heteroatoms. The number of rotatable bonds is 5. The highest BCUT2D eigenvalue weighted by molar-refractivity contribution is 6.19. The minimum atomic E-state index is 0.863. The molecule has 4 nitrogen and oxygen atoms in total. The molecule has 0 unspecified atom stereocenters. The molecule has 3 heterocycles. The molecule has 0 amide bonds. The Balaban J connectivity index is 0.962. The summed E-state index contributed by atoms with van der Waals surface area (Å²) in [5.74, 6) is 0. The summed E-state index contributed by atoms with van der Waals surface area (Å²) in [4.78, 5) is 10.6. The van der Waals surface area contributed by atoms with Crippen molar-refractivity contribution in [3.8, 4) is 45.0 Å². The van der Waals surface area contributed by atoms with E-state index in [1.807, 2.05) is 24.3 Å². The van der Waals surface area contributed by atoms with E-state index in [1.165, 1.54) is 70.8 Å². The average Bonchev–Trinajstić information content (AvgIpc) is 3.89. The molecule has 0 saturated heterocycles. The van der Waals surface area contributed by atoms with Gasteiger partial charge in [-0.15, -0.1) is 0 Å². The first-order valence-electron chi connectivity index (χ1n) is 22.6. The third-order valence-corrected chi connectivity index (χ3v) is 13.6. The van der Waals surface area contributed by atoms with Gasteiger partial charge in [-0.2, -0.15) is 0 Å². The maximum absolute atomic E-state index is 5.31. The average molecular weight is 839 g/mol. The standard InChI is InChI=1S/C62H38N4/c1-2-12-39(13-3-1)40-22-25-43(26-23-40)60-61(64-56-20-10-9-19-55(56)63-60)46-27-24-41-28-30-48(35-47(41)34-46)65-58-33-31-49(38-54(58)53-36-44-15-4-5-16-45(44)37-59(53)65)66-57-21-11-8-18-51(57)52-32-29-42-14-6-7-17-50(42)62(52)66/h1-38H. The molecular weight excluding hydrogens is 801 g/mol. The van der Waals surface area contributed by atoms with Crippen LogP contribution in [-0.2, 0) is 0 Å². The maximum atomic E-state index is 5.31. The second-order valence-electron chi connectivity index (χ2n) is 17.4. The van der Waals surface area contributed by atoms with Crippen LogP contribution in [0.15, 0.2) is 231 Å². The Bertz CT molecular complexity index is 4270. The summed E-state index contributed by atoms with van der Waals surface area (Å²) in [5.41, 5.74) is 14.9. The molecule has 0 N–H and O–H groups in total. The minimum absolute atomic E-state index is 0.863. The number of aromatic nitrogens is 4. The van der Waals surface area contributed by atoms with Crippen LogP contribution in [0, 0.1) is 0 Å². The number of benzene rings is 11. The highest BCUT2D eigenvalue weighted by Crippen LogP contribution is 2.41. The van der Waals surface area contributed by atoms with Gasteiger partial charge in [0.05, 0.1) is 44.5 Å². The van der Waals surface area contributed by atoms with Crippen LogP contribution in [0.2, 0.25) is 0 Å². The van der Waals surface area contributed by atoms with Crippen LogP contribution in [0.5, 0.6) is 0 Å². The summed E-state index contributed by atoms with van der Waals surface area (Å²) in [6.45, 7) is 0. The first kappa shape index (κ1) is 36.6. The summed E-state index contributed by atoms with van der Waals surface area (Å²) in [6, 6.07) is 83.5. The van der Waals surface area contributed by atoms with Crippen molar-refractivity contribution < 1.29 is 0 Å². The molecule has 0 aliphatic rings. The Hall–Kier alpha value is -8.86. The van der Waals surface area contributed by atoms with Crippen LogP contribution in [-0.4, -0.2) is 19.1 Å². The minimum Gasteiger partial charge on any atom is -0.309 e. The molecule has 66 heavy (non-hydrogen) atoms. The van der Waals surface area contributed by atoms with Crippen molar-refractivity contribution in [2.45, 2.75) is 0 Å².